The normalized spacial score (nSPS) is 31.7. The van der Waals surface area contributed by atoms with E-state index in [1.54, 1.807) is 0 Å². The highest BCUT2D eigenvalue weighted by molar-refractivity contribution is 5.35. The maximum Gasteiger partial charge on any atom is 0.0199 e. The van der Waals surface area contributed by atoms with Crippen LogP contribution < -0.4 is 0 Å². The van der Waals surface area contributed by atoms with E-state index in [-0.39, 0.29) is 0 Å². The van der Waals surface area contributed by atoms with Crippen molar-refractivity contribution >= 4 is 0 Å². The average molecular weight is 224 g/mol. The summed E-state index contributed by atoms with van der Waals surface area (Å²) in [5, 5.41) is 0. The Hall–Kier alpha value is -1.30. The second kappa shape index (κ2) is 4.18. The topological polar surface area (TPSA) is 0 Å². The highest BCUT2D eigenvalue weighted by Crippen LogP contribution is 2.51. The van der Waals surface area contributed by atoms with Crippen LogP contribution in [-0.4, -0.2) is 0 Å². The molecule has 1 saturated carbocycles. The lowest BCUT2D eigenvalue weighted by atomic mass is 9.74. The van der Waals surface area contributed by atoms with Gasteiger partial charge < -0.3 is 0 Å². The molecule has 0 unspecified atom stereocenters. The zero-order valence-corrected chi connectivity index (χ0v) is 10.5. The number of allylic oxidation sites excluding steroid dienone is 4. The predicted octanol–water partition coefficient (Wildman–Crippen LogP) is 4.70. The average Bonchev–Trinajstić information content (AvgIpc) is 3.25. The standard InChI is InChI=1S/C17H20/c1-2-17(16-8-9-16)12-10-15(11-13-17)14-6-4-3-5-7-14/h3-7,10-13,15-16H,2,8-9H2,1H3. The highest BCUT2D eigenvalue weighted by Gasteiger charge is 2.41. The van der Waals surface area contributed by atoms with Gasteiger partial charge in [0.25, 0.3) is 0 Å². The van der Waals surface area contributed by atoms with Crippen molar-refractivity contribution in [1.29, 1.82) is 0 Å². The smallest absolute Gasteiger partial charge is 0.0199 e. The van der Waals surface area contributed by atoms with E-state index in [9.17, 15) is 0 Å². The van der Waals surface area contributed by atoms with E-state index >= 15 is 0 Å². The molecule has 17 heavy (non-hydrogen) atoms. The van der Waals surface area contributed by atoms with Gasteiger partial charge in [0, 0.05) is 11.3 Å². The molecule has 0 saturated heterocycles. The van der Waals surface area contributed by atoms with Crippen LogP contribution in [-0.2, 0) is 0 Å². The summed E-state index contributed by atoms with van der Waals surface area (Å²) in [6.07, 6.45) is 13.8. The van der Waals surface area contributed by atoms with Crippen LogP contribution in [0.4, 0.5) is 0 Å². The Morgan fingerprint density at radius 1 is 1.06 bits per heavy atom. The quantitative estimate of drug-likeness (QED) is 0.653. The van der Waals surface area contributed by atoms with E-state index in [1.165, 1.54) is 24.8 Å². The van der Waals surface area contributed by atoms with Gasteiger partial charge in [-0.25, -0.2) is 0 Å². The van der Waals surface area contributed by atoms with Crippen molar-refractivity contribution in [3.05, 3.63) is 60.2 Å². The number of hydrogen-bond donors (Lipinski definition) is 0. The summed E-state index contributed by atoms with van der Waals surface area (Å²) in [4.78, 5) is 0. The third kappa shape index (κ3) is 1.97. The first-order valence-electron chi connectivity index (χ1n) is 6.78. The molecule has 1 fully saturated rings. The minimum Gasteiger partial charge on any atom is -0.0774 e. The first-order chi connectivity index (χ1) is 8.34. The largest absolute Gasteiger partial charge is 0.0774 e. The fraction of sp³-hybridized carbons (Fsp3) is 0.412. The summed E-state index contributed by atoms with van der Waals surface area (Å²) >= 11 is 0. The Kier molecular flexibility index (Phi) is 2.66. The van der Waals surface area contributed by atoms with E-state index in [2.05, 4.69) is 61.6 Å². The SMILES string of the molecule is CCC1(C2CC2)C=CC(c2ccccc2)C=C1. The molecule has 2 aliphatic carbocycles. The zero-order valence-electron chi connectivity index (χ0n) is 10.5. The van der Waals surface area contributed by atoms with Crippen LogP contribution in [0.15, 0.2) is 54.6 Å². The molecule has 0 spiro atoms. The van der Waals surface area contributed by atoms with Gasteiger partial charge in [-0.2, -0.15) is 0 Å². The lowest BCUT2D eigenvalue weighted by Crippen LogP contribution is -2.19. The fourth-order valence-corrected chi connectivity index (χ4v) is 3.00. The summed E-state index contributed by atoms with van der Waals surface area (Å²) in [6.45, 7) is 2.32. The molecule has 1 aromatic rings. The van der Waals surface area contributed by atoms with Crippen molar-refractivity contribution < 1.29 is 0 Å². The molecule has 0 heterocycles. The van der Waals surface area contributed by atoms with Gasteiger partial charge in [-0.05, 0) is 30.7 Å². The lowest BCUT2D eigenvalue weighted by Gasteiger charge is -2.30. The second-order valence-electron chi connectivity index (χ2n) is 5.39. The van der Waals surface area contributed by atoms with E-state index in [0.29, 0.717) is 11.3 Å². The van der Waals surface area contributed by atoms with Crippen LogP contribution in [0, 0.1) is 11.3 Å². The molecule has 2 aliphatic rings. The summed E-state index contributed by atoms with van der Waals surface area (Å²) < 4.78 is 0. The molecular weight excluding hydrogens is 204 g/mol. The van der Waals surface area contributed by atoms with Gasteiger partial charge in [-0.1, -0.05) is 61.6 Å². The Bertz CT molecular complexity index is 420. The molecule has 0 heteroatoms. The van der Waals surface area contributed by atoms with E-state index < -0.39 is 0 Å². The molecule has 0 nitrogen and oxygen atoms in total. The van der Waals surface area contributed by atoms with Crippen LogP contribution in [0.25, 0.3) is 0 Å². The predicted molar refractivity (Wildman–Crippen MR) is 72.9 cm³/mol. The Morgan fingerprint density at radius 3 is 2.24 bits per heavy atom. The molecule has 0 bridgehead atoms. The van der Waals surface area contributed by atoms with Gasteiger partial charge in [-0.15, -0.1) is 0 Å². The molecule has 0 aromatic heterocycles. The van der Waals surface area contributed by atoms with Crippen molar-refractivity contribution in [3.8, 4) is 0 Å². The molecule has 0 atom stereocenters. The molecule has 3 rings (SSSR count). The molecule has 0 aliphatic heterocycles. The lowest BCUT2D eigenvalue weighted by molar-refractivity contribution is 0.401. The zero-order chi connectivity index (χ0) is 11.7. The summed E-state index contributed by atoms with van der Waals surface area (Å²) in [6, 6.07) is 10.8. The van der Waals surface area contributed by atoms with Crippen LogP contribution in [0.5, 0.6) is 0 Å². The van der Waals surface area contributed by atoms with Crippen molar-refractivity contribution in [2.45, 2.75) is 32.1 Å². The number of benzene rings is 1. The summed E-state index contributed by atoms with van der Waals surface area (Å²) in [5.74, 6) is 1.39. The van der Waals surface area contributed by atoms with Crippen LogP contribution in [0.2, 0.25) is 0 Å². The van der Waals surface area contributed by atoms with E-state index in [1.807, 2.05) is 0 Å². The molecule has 88 valence electrons. The van der Waals surface area contributed by atoms with Gasteiger partial charge >= 0.3 is 0 Å². The van der Waals surface area contributed by atoms with Gasteiger partial charge in [0.1, 0.15) is 0 Å². The maximum absolute atomic E-state index is 2.47. The molecular formula is C17H20. The third-order valence-electron chi connectivity index (χ3n) is 4.36. The van der Waals surface area contributed by atoms with Gasteiger partial charge in [-0.3, -0.25) is 0 Å². The third-order valence-corrected chi connectivity index (χ3v) is 4.36. The first kappa shape index (κ1) is 10.8. The molecule has 0 amide bonds. The number of rotatable bonds is 3. The van der Waals surface area contributed by atoms with Crippen LogP contribution >= 0.6 is 0 Å². The summed E-state index contributed by atoms with van der Waals surface area (Å²) in [5.41, 5.74) is 1.78. The Balaban J connectivity index is 1.82. The first-order valence-corrected chi connectivity index (χ1v) is 6.78. The summed E-state index contributed by atoms with van der Waals surface area (Å²) in [7, 11) is 0. The molecule has 1 aromatic carbocycles. The maximum atomic E-state index is 2.47. The Labute approximate surface area is 104 Å². The van der Waals surface area contributed by atoms with Crippen molar-refractivity contribution in [2.24, 2.45) is 11.3 Å². The van der Waals surface area contributed by atoms with Crippen LogP contribution in [0.3, 0.4) is 0 Å². The van der Waals surface area contributed by atoms with E-state index in [4.69, 9.17) is 0 Å². The van der Waals surface area contributed by atoms with Gasteiger partial charge in [0.2, 0.25) is 0 Å². The number of hydrogen-bond acceptors (Lipinski definition) is 0. The fourth-order valence-electron chi connectivity index (χ4n) is 3.00. The van der Waals surface area contributed by atoms with Crippen molar-refractivity contribution in [1.82, 2.24) is 0 Å². The van der Waals surface area contributed by atoms with Crippen molar-refractivity contribution in [2.75, 3.05) is 0 Å². The molecule has 0 radical (unpaired) electrons. The monoisotopic (exact) mass is 224 g/mol. The highest BCUT2D eigenvalue weighted by atomic mass is 14.4. The molecule has 0 N–H and O–H groups in total. The van der Waals surface area contributed by atoms with Crippen LogP contribution in [0.1, 0.15) is 37.7 Å². The van der Waals surface area contributed by atoms with Gasteiger partial charge in [0.15, 0.2) is 0 Å². The second-order valence-corrected chi connectivity index (χ2v) is 5.39. The minimum atomic E-state index is 0.380. The Morgan fingerprint density at radius 2 is 1.71 bits per heavy atom. The minimum absolute atomic E-state index is 0.380. The van der Waals surface area contributed by atoms with Gasteiger partial charge in [0.05, 0.1) is 0 Å². The van der Waals surface area contributed by atoms with Crippen molar-refractivity contribution in [3.63, 3.8) is 0 Å². The van der Waals surface area contributed by atoms with E-state index in [0.717, 1.165) is 5.92 Å².